The molecule has 0 heterocycles. The van der Waals surface area contributed by atoms with Crippen LogP contribution >= 0.6 is 0 Å². The number of ketones is 1. The molecule has 0 amide bonds. The third-order valence-corrected chi connectivity index (χ3v) is 12.6. The first-order valence-electron chi connectivity index (χ1n) is 26.0. The van der Waals surface area contributed by atoms with Gasteiger partial charge in [-0.05, 0) is 96.2 Å². The zero-order valence-corrected chi connectivity index (χ0v) is 40.5. The van der Waals surface area contributed by atoms with Gasteiger partial charge in [-0.15, -0.1) is 0 Å². The van der Waals surface area contributed by atoms with E-state index >= 15 is 0 Å². The van der Waals surface area contributed by atoms with Crippen LogP contribution in [0.15, 0.2) is 0 Å². The molecule has 0 aliphatic rings. The summed E-state index contributed by atoms with van der Waals surface area (Å²) in [6.45, 7) is 15.4. The maximum absolute atomic E-state index is 12.9. The molecule has 0 aliphatic carbocycles. The standard InChI is InChI=1S/C52H103NO6/c1-7-10-13-16-19-28-35-45-58-51(55)40-31-24-20-26-33-42-53(44-36-39-50(54)48(5)47(4)46-57-6)43-34-27-21-25-32-41-52(56)59-49(37-29-22-17-14-11-8-2)38-30-23-18-15-12-9-3/h47-49,51,55H,7-46H2,1-6H3. The normalized spacial score (nSPS) is 13.4. The summed E-state index contributed by atoms with van der Waals surface area (Å²) >= 11 is 0. The summed E-state index contributed by atoms with van der Waals surface area (Å²) in [5, 5.41) is 10.2. The molecule has 0 aromatic carbocycles. The van der Waals surface area contributed by atoms with Gasteiger partial charge in [0.25, 0.3) is 0 Å². The number of rotatable bonds is 48. The van der Waals surface area contributed by atoms with Gasteiger partial charge in [0.15, 0.2) is 6.29 Å². The maximum atomic E-state index is 12.9. The first-order chi connectivity index (χ1) is 28.8. The average molecular weight is 838 g/mol. The van der Waals surface area contributed by atoms with Gasteiger partial charge < -0.3 is 24.2 Å². The second-order valence-corrected chi connectivity index (χ2v) is 18.4. The Morgan fingerprint density at radius 2 is 0.932 bits per heavy atom. The van der Waals surface area contributed by atoms with Crippen molar-refractivity contribution in [1.29, 1.82) is 0 Å². The van der Waals surface area contributed by atoms with E-state index in [1.165, 1.54) is 141 Å². The van der Waals surface area contributed by atoms with Crippen LogP contribution in [0.25, 0.3) is 0 Å². The van der Waals surface area contributed by atoms with E-state index in [1.54, 1.807) is 7.11 Å². The molecule has 0 fully saturated rings. The van der Waals surface area contributed by atoms with Crippen molar-refractivity contribution in [1.82, 2.24) is 4.90 Å². The second-order valence-electron chi connectivity index (χ2n) is 18.4. The van der Waals surface area contributed by atoms with Gasteiger partial charge in [0.2, 0.25) is 0 Å². The highest BCUT2D eigenvalue weighted by atomic mass is 16.6. The lowest BCUT2D eigenvalue weighted by molar-refractivity contribution is -0.150. The summed E-state index contributed by atoms with van der Waals surface area (Å²) in [4.78, 5) is 28.3. The number of Topliss-reactive ketones (excluding diaryl/α,β-unsaturated/α-hetero) is 1. The van der Waals surface area contributed by atoms with Gasteiger partial charge >= 0.3 is 5.97 Å². The molecular weight excluding hydrogens is 735 g/mol. The number of hydrogen-bond acceptors (Lipinski definition) is 7. The number of carbonyl (C=O) groups excluding carboxylic acids is 2. The summed E-state index contributed by atoms with van der Waals surface area (Å²) in [6.07, 6.45) is 39.8. The third kappa shape index (κ3) is 39.6. The van der Waals surface area contributed by atoms with Gasteiger partial charge in [-0.3, -0.25) is 9.59 Å². The van der Waals surface area contributed by atoms with Crippen molar-refractivity contribution >= 4 is 11.8 Å². The molecule has 0 rings (SSSR count). The molecule has 7 heteroatoms. The fourth-order valence-corrected chi connectivity index (χ4v) is 8.26. The molecule has 0 bridgehead atoms. The first-order valence-corrected chi connectivity index (χ1v) is 26.0. The summed E-state index contributed by atoms with van der Waals surface area (Å²) in [6, 6.07) is 0. The topological polar surface area (TPSA) is 85.3 Å². The molecule has 7 nitrogen and oxygen atoms in total. The van der Waals surface area contributed by atoms with Crippen LogP contribution in [0.3, 0.4) is 0 Å². The molecule has 0 spiro atoms. The van der Waals surface area contributed by atoms with E-state index in [2.05, 4.69) is 39.5 Å². The Kier molecular flexibility index (Phi) is 44.2. The quantitative estimate of drug-likeness (QED) is 0.0371. The molecule has 3 atom stereocenters. The first kappa shape index (κ1) is 58.0. The van der Waals surface area contributed by atoms with E-state index in [0.717, 1.165) is 90.3 Å². The van der Waals surface area contributed by atoms with Crippen LogP contribution in [-0.2, 0) is 23.8 Å². The van der Waals surface area contributed by atoms with Crippen LogP contribution in [0.4, 0.5) is 0 Å². The molecule has 0 aromatic heterocycles. The van der Waals surface area contributed by atoms with Crippen molar-refractivity contribution in [3.63, 3.8) is 0 Å². The zero-order chi connectivity index (χ0) is 43.4. The fourth-order valence-electron chi connectivity index (χ4n) is 8.26. The van der Waals surface area contributed by atoms with Crippen molar-refractivity contribution < 1.29 is 28.9 Å². The molecule has 0 radical (unpaired) electrons. The molecule has 352 valence electrons. The van der Waals surface area contributed by atoms with Crippen LogP contribution in [-0.4, -0.2) is 74.1 Å². The largest absolute Gasteiger partial charge is 0.462 e. The van der Waals surface area contributed by atoms with Gasteiger partial charge in [-0.1, -0.05) is 176 Å². The Hall–Kier alpha value is -1.02. The number of aliphatic hydroxyl groups is 1. The Bertz CT molecular complexity index is 869. The average Bonchev–Trinajstić information content (AvgIpc) is 3.22. The number of nitrogens with zero attached hydrogens (tertiary/aromatic N) is 1. The Morgan fingerprint density at radius 1 is 0.508 bits per heavy atom. The number of carbonyl (C=O) groups is 2. The van der Waals surface area contributed by atoms with Gasteiger partial charge in [-0.2, -0.15) is 0 Å². The molecule has 0 saturated heterocycles. The highest BCUT2D eigenvalue weighted by Gasteiger charge is 2.20. The van der Waals surface area contributed by atoms with E-state index in [0.29, 0.717) is 31.8 Å². The lowest BCUT2D eigenvalue weighted by Gasteiger charge is -2.23. The zero-order valence-electron chi connectivity index (χ0n) is 40.5. The van der Waals surface area contributed by atoms with Crippen LogP contribution in [0.1, 0.15) is 259 Å². The summed E-state index contributed by atoms with van der Waals surface area (Å²) < 4.78 is 17.0. The van der Waals surface area contributed by atoms with Crippen LogP contribution in [0, 0.1) is 11.8 Å². The van der Waals surface area contributed by atoms with Gasteiger partial charge in [0, 0.05) is 39.1 Å². The van der Waals surface area contributed by atoms with E-state index < -0.39 is 6.29 Å². The molecular formula is C52H103NO6. The maximum Gasteiger partial charge on any atom is 0.306 e. The van der Waals surface area contributed by atoms with Gasteiger partial charge in [-0.25, -0.2) is 0 Å². The number of aliphatic hydroxyl groups excluding tert-OH is 1. The Labute approximate surface area is 368 Å². The summed E-state index contributed by atoms with van der Waals surface area (Å²) in [5.41, 5.74) is 0. The lowest BCUT2D eigenvalue weighted by atomic mass is 9.90. The number of esters is 1. The number of unbranched alkanes of at least 4 members (excludes halogenated alkanes) is 24. The van der Waals surface area contributed by atoms with Crippen molar-refractivity contribution in [3.05, 3.63) is 0 Å². The highest BCUT2D eigenvalue weighted by molar-refractivity contribution is 5.80. The SMILES string of the molecule is CCCCCCCCCOC(O)CCCCCCCN(CCCCCCCC(=O)OC(CCCCCCCC)CCCCCCCC)CCCC(=O)C(C)C(C)COC. The lowest BCUT2D eigenvalue weighted by Crippen LogP contribution is -2.29. The molecule has 0 saturated carbocycles. The van der Waals surface area contributed by atoms with E-state index in [-0.39, 0.29) is 23.9 Å². The van der Waals surface area contributed by atoms with Crippen LogP contribution in [0.2, 0.25) is 0 Å². The molecule has 1 N–H and O–H groups in total. The molecule has 59 heavy (non-hydrogen) atoms. The highest BCUT2D eigenvalue weighted by Crippen LogP contribution is 2.20. The second kappa shape index (κ2) is 45.0. The number of methoxy groups -OCH3 is 1. The number of ether oxygens (including phenoxy) is 3. The molecule has 0 aliphatic heterocycles. The number of hydrogen-bond donors (Lipinski definition) is 1. The predicted octanol–water partition coefficient (Wildman–Crippen LogP) is 14.7. The molecule has 0 aromatic rings. The van der Waals surface area contributed by atoms with Crippen molar-refractivity contribution in [2.75, 3.05) is 40.0 Å². The monoisotopic (exact) mass is 838 g/mol. The predicted molar refractivity (Wildman–Crippen MR) is 252 cm³/mol. The summed E-state index contributed by atoms with van der Waals surface area (Å²) in [5.74, 6) is 0.663. The smallest absolute Gasteiger partial charge is 0.306 e. The minimum atomic E-state index is -0.617. The minimum absolute atomic E-state index is 0.0157. The summed E-state index contributed by atoms with van der Waals surface area (Å²) in [7, 11) is 1.71. The van der Waals surface area contributed by atoms with Gasteiger partial charge in [0.05, 0.1) is 0 Å². The van der Waals surface area contributed by atoms with Crippen molar-refractivity contribution in [3.8, 4) is 0 Å². The molecule has 3 unspecified atom stereocenters. The van der Waals surface area contributed by atoms with E-state index in [9.17, 15) is 14.7 Å². The van der Waals surface area contributed by atoms with E-state index in [1.807, 2.05) is 0 Å². The van der Waals surface area contributed by atoms with Crippen molar-refractivity contribution in [2.45, 2.75) is 272 Å². The van der Waals surface area contributed by atoms with E-state index in [4.69, 9.17) is 14.2 Å². The Balaban J connectivity index is 4.54. The third-order valence-electron chi connectivity index (χ3n) is 12.6. The van der Waals surface area contributed by atoms with Gasteiger partial charge in [0.1, 0.15) is 11.9 Å². The Morgan fingerprint density at radius 3 is 1.44 bits per heavy atom. The van der Waals surface area contributed by atoms with Crippen LogP contribution in [0.5, 0.6) is 0 Å². The fraction of sp³-hybridized carbons (Fsp3) is 0.962. The minimum Gasteiger partial charge on any atom is -0.462 e. The van der Waals surface area contributed by atoms with Crippen LogP contribution < -0.4 is 0 Å². The van der Waals surface area contributed by atoms with Crippen molar-refractivity contribution in [2.24, 2.45) is 11.8 Å².